The molecule has 0 amide bonds. The van der Waals surface area contributed by atoms with Gasteiger partial charge in [-0.3, -0.25) is 9.59 Å². The van der Waals surface area contributed by atoms with E-state index in [0.29, 0.717) is 31.5 Å². The second-order valence-electron chi connectivity index (χ2n) is 8.57. The van der Waals surface area contributed by atoms with Crippen LogP contribution in [0, 0.1) is 17.8 Å². The molecular formula is C23H44O4. The van der Waals surface area contributed by atoms with Gasteiger partial charge in [-0.15, -0.1) is 0 Å². The Labute approximate surface area is 167 Å². The lowest BCUT2D eigenvalue weighted by Gasteiger charge is -2.15. The fraction of sp³-hybridized carbons (Fsp3) is 0.913. The molecule has 0 aliphatic rings. The van der Waals surface area contributed by atoms with Gasteiger partial charge in [0.05, 0.1) is 19.1 Å². The van der Waals surface area contributed by atoms with Crippen LogP contribution < -0.4 is 0 Å². The molecule has 0 aromatic carbocycles. The summed E-state index contributed by atoms with van der Waals surface area (Å²) in [6.45, 7) is 11.4. The molecular weight excluding hydrogens is 340 g/mol. The SMILES string of the molecule is CCC(CCCCCCCCCCC(=O)OCC(C)C)C(=O)OCC(C)C. The molecule has 0 bridgehead atoms. The van der Waals surface area contributed by atoms with E-state index in [1.54, 1.807) is 0 Å². The second kappa shape index (κ2) is 17.1. The van der Waals surface area contributed by atoms with Crippen molar-refractivity contribution in [3.8, 4) is 0 Å². The molecule has 0 saturated carbocycles. The van der Waals surface area contributed by atoms with Gasteiger partial charge in [-0.2, -0.15) is 0 Å². The summed E-state index contributed by atoms with van der Waals surface area (Å²) in [6, 6.07) is 0. The van der Waals surface area contributed by atoms with Gasteiger partial charge in [0.15, 0.2) is 0 Å². The number of hydrogen-bond acceptors (Lipinski definition) is 4. The predicted octanol–water partition coefficient (Wildman–Crippen LogP) is 6.31. The van der Waals surface area contributed by atoms with Crippen molar-refractivity contribution in [3.05, 3.63) is 0 Å². The topological polar surface area (TPSA) is 52.6 Å². The minimum atomic E-state index is -0.0545. The molecule has 0 aromatic heterocycles. The average molecular weight is 385 g/mol. The highest BCUT2D eigenvalue weighted by Crippen LogP contribution is 2.17. The van der Waals surface area contributed by atoms with Crippen LogP contribution in [0.15, 0.2) is 0 Å². The second-order valence-corrected chi connectivity index (χ2v) is 8.57. The number of ether oxygens (including phenoxy) is 2. The molecule has 27 heavy (non-hydrogen) atoms. The van der Waals surface area contributed by atoms with Crippen molar-refractivity contribution >= 4 is 11.9 Å². The number of esters is 2. The first kappa shape index (κ1) is 25.9. The molecule has 0 aliphatic carbocycles. The third kappa shape index (κ3) is 16.8. The van der Waals surface area contributed by atoms with Gasteiger partial charge in [-0.25, -0.2) is 0 Å². The van der Waals surface area contributed by atoms with Crippen LogP contribution in [-0.2, 0) is 19.1 Å². The lowest BCUT2D eigenvalue weighted by molar-refractivity contribution is -0.150. The van der Waals surface area contributed by atoms with E-state index < -0.39 is 0 Å². The van der Waals surface area contributed by atoms with E-state index in [2.05, 4.69) is 20.8 Å². The number of carbonyl (C=O) groups excluding carboxylic acids is 2. The summed E-state index contributed by atoms with van der Waals surface area (Å²) in [5.41, 5.74) is 0. The summed E-state index contributed by atoms with van der Waals surface area (Å²) < 4.78 is 10.5. The maximum Gasteiger partial charge on any atom is 0.308 e. The van der Waals surface area contributed by atoms with Gasteiger partial charge in [0.25, 0.3) is 0 Å². The van der Waals surface area contributed by atoms with Crippen molar-refractivity contribution in [2.24, 2.45) is 17.8 Å². The highest BCUT2D eigenvalue weighted by molar-refractivity contribution is 5.72. The molecule has 0 radical (unpaired) electrons. The molecule has 0 N–H and O–H groups in total. The summed E-state index contributed by atoms with van der Waals surface area (Å²) in [6.07, 6.45) is 11.6. The van der Waals surface area contributed by atoms with Crippen molar-refractivity contribution in [3.63, 3.8) is 0 Å². The minimum absolute atomic E-state index is 0.0156. The Morgan fingerprint density at radius 1 is 0.704 bits per heavy atom. The molecule has 0 heterocycles. The van der Waals surface area contributed by atoms with Gasteiger partial charge in [0.2, 0.25) is 0 Å². The Morgan fingerprint density at radius 2 is 1.19 bits per heavy atom. The first-order valence-electron chi connectivity index (χ1n) is 11.2. The van der Waals surface area contributed by atoms with Gasteiger partial charge in [0.1, 0.15) is 0 Å². The lowest BCUT2D eigenvalue weighted by Crippen LogP contribution is -2.19. The van der Waals surface area contributed by atoms with Crippen LogP contribution in [0.1, 0.15) is 105 Å². The summed E-state index contributed by atoms with van der Waals surface area (Å²) in [5, 5.41) is 0. The highest BCUT2D eigenvalue weighted by atomic mass is 16.5. The summed E-state index contributed by atoms with van der Waals surface area (Å²) >= 11 is 0. The molecule has 0 aromatic rings. The molecule has 1 unspecified atom stereocenters. The van der Waals surface area contributed by atoms with Crippen molar-refractivity contribution in [1.29, 1.82) is 0 Å². The van der Waals surface area contributed by atoms with E-state index in [4.69, 9.17) is 9.47 Å². The zero-order chi connectivity index (χ0) is 20.5. The first-order valence-corrected chi connectivity index (χ1v) is 11.2. The first-order chi connectivity index (χ1) is 12.9. The summed E-state index contributed by atoms with van der Waals surface area (Å²) in [7, 11) is 0. The lowest BCUT2D eigenvalue weighted by atomic mass is 9.97. The predicted molar refractivity (Wildman–Crippen MR) is 112 cm³/mol. The van der Waals surface area contributed by atoms with Crippen LogP contribution in [0.4, 0.5) is 0 Å². The van der Waals surface area contributed by atoms with Gasteiger partial charge >= 0.3 is 11.9 Å². The Balaban J connectivity index is 3.50. The zero-order valence-electron chi connectivity index (χ0n) is 18.6. The molecule has 0 spiro atoms. The van der Waals surface area contributed by atoms with Crippen molar-refractivity contribution in [2.75, 3.05) is 13.2 Å². The van der Waals surface area contributed by atoms with E-state index in [1.807, 2.05) is 13.8 Å². The fourth-order valence-corrected chi connectivity index (χ4v) is 2.91. The van der Waals surface area contributed by atoms with E-state index in [1.165, 1.54) is 32.1 Å². The van der Waals surface area contributed by atoms with Crippen LogP contribution in [0.5, 0.6) is 0 Å². The van der Waals surface area contributed by atoms with Crippen molar-refractivity contribution in [1.82, 2.24) is 0 Å². The standard InChI is InChI=1S/C23H44O4/c1-6-21(23(25)27-18-20(4)5)15-13-11-9-7-8-10-12-14-16-22(24)26-17-19(2)3/h19-21H,6-18H2,1-5H3. The van der Waals surface area contributed by atoms with Crippen LogP contribution in [-0.4, -0.2) is 25.2 Å². The molecule has 0 fully saturated rings. The van der Waals surface area contributed by atoms with Gasteiger partial charge in [-0.1, -0.05) is 79.6 Å². The number of rotatable bonds is 17. The zero-order valence-corrected chi connectivity index (χ0v) is 18.6. The van der Waals surface area contributed by atoms with E-state index in [9.17, 15) is 9.59 Å². The van der Waals surface area contributed by atoms with Crippen LogP contribution in [0.2, 0.25) is 0 Å². The van der Waals surface area contributed by atoms with Crippen LogP contribution in [0.25, 0.3) is 0 Å². The quantitative estimate of drug-likeness (QED) is 0.218. The Morgan fingerprint density at radius 3 is 1.70 bits per heavy atom. The normalized spacial score (nSPS) is 12.4. The number of unbranched alkanes of at least 4 members (excludes halogenated alkanes) is 7. The van der Waals surface area contributed by atoms with Crippen LogP contribution in [0.3, 0.4) is 0 Å². The van der Waals surface area contributed by atoms with Gasteiger partial charge in [-0.05, 0) is 31.1 Å². The molecule has 1 atom stereocenters. The summed E-state index contributed by atoms with van der Waals surface area (Å²) in [4.78, 5) is 23.5. The monoisotopic (exact) mass is 384 g/mol. The molecule has 0 rings (SSSR count). The van der Waals surface area contributed by atoms with Gasteiger partial charge < -0.3 is 9.47 Å². The van der Waals surface area contributed by atoms with E-state index in [0.717, 1.165) is 32.1 Å². The largest absolute Gasteiger partial charge is 0.465 e. The maximum atomic E-state index is 12.0. The third-order valence-electron chi connectivity index (χ3n) is 4.65. The number of hydrogen-bond donors (Lipinski definition) is 0. The van der Waals surface area contributed by atoms with Crippen LogP contribution >= 0.6 is 0 Å². The minimum Gasteiger partial charge on any atom is -0.465 e. The Kier molecular flexibility index (Phi) is 16.4. The summed E-state index contributed by atoms with van der Waals surface area (Å²) in [5.74, 6) is 0.808. The maximum absolute atomic E-state index is 12.0. The molecule has 0 saturated heterocycles. The number of carbonyl (C=O) groups is 2. The Hall–Kier alpha value is -1.06. The molecule has 4 nitrogen and oxygen atoms in total. The van der Waals surface area contributed by atoms with Crippen molar-refractivity contribution in [2.45, 2.75) is 105 Å². The Bertz CT molecular complexity index is 377. The smallest absolute Gasteiger partial charge is 0.308 e. The van der Waals surface area contributed by atoms with Gasteiger partial charge in [0, 0.05) is 6.42 Å². The molecule has 160 valence electrons. The molecule has 4 heteroatoms. The van der Waals surface area contributed by atoms with Crippen molar-refractivity contribution < 1.29 is 19.1 Å². The average Bonchev–Trinajstić information content (AvgIpc) is 2.62. The highest BCUT2D eigenvalue weighted by Gasteiger charge is 2.17. The van der Waals surface area contributed by atoms with E-state index in [-0.39, 0.29) is 17.9 Å². The van der Waals surface area contributed by atoms with E-state index >= 15 is 0 Å². The fourth-order valence-electron chi connectivity index (χ4n) is 2.91. The third-order valence-corrected chi connectivity index (χ3v) is 4.65. The molecule has 0 aliphatic heterocycles.